The van der Waals surface area contributed by atoms with Gasteiger partial charge in [0.2, 0.25) is 0 Å². The summed E-state index contributed by atoms with van der Waals surface area (Å²) in [4.78, 5) is 19.7. The Labute approximate surface area is 189 Å². The molecule has 31 heavy (non-hydrogen) atoms. The zero-order chi connectivity index (χ0) is 20.7. The van der Waals surface area contributed by atoms with Gasteiger partial charge in [-0.05, 0) is 39.3 Å². The molecule has 2 saturated heterocycles. The van der Waals surface area contributed by atoms with Crippen molar-refractivity contribution >= 4 is 29.4 Å². The zero-order valence-electron chi connectivity index (χ0n) is 18.5. The van der Waals surface area contributed by atoms with Gasteiger partial charge in [-0.2, -0.15) is 0 Å². The Kier molecular flexibility index (Phi) is 6.46. The number of hydrogen-bond donors (Lipinski definition) is 0. The van der Waals surface area contributed by atoms with Crippen molar-refractivity contribution in [1.29, 1.82) is 0 Å². The van der Waals surface area contributed by atoms with E-state index < -0.39 is 0 Å². The molecule has 166 valence electrons. The van der Waals surface area contributed by atoms with E-state index in [1.165, 1.54) is 11.1 Å². The normalized spacial score (nSPS) is 18.4. The Morgan fingerprint density at radius 2 is 1.65 bits per heavy atom. The molecule has 5 rings (SSSR count). The number of nitrogens with zero attached hydrogens (tertiary/aromatic N) is 6. The number of anilines is 1. The first-order valence-corrected chi connectivity index (χ1v) is 11.0. The second-order valence-corrected chi connectivity index (χ2v) is 8.52. The van der Waals surface area contributed by atoms with Gasteiger partial charge >= 0.3 is 0 Å². The lowest BCUT2D eigenvalue weighted by molar-refractivity contribution is 0.0708. The molecule has 7 nitrogen and oxygen atoms in total. The lowest BCUT2D eigenvalue weighted by atomic mass is 10.1. The van der Waals surface area contributed by atoms with Crippen LogP contribution in [0.15, 0.2) is 24.3 Å². The van der Waals surface area contributed by atoms with Crippen LogP contribution >= 0.6 is 12.4 Å². The summed E-state index contributed by atoms with van der Waals surface area (Å²) in [6, 6.07) is 8.84. The van der Waals surface area contributed by atoms with Gasteiger partial charge in [0.15, 0.2) is 17.0 Å². The summed E-state index contributed by atoms with van der Waals surface area (Å²) in [6.45, 7) is 9.72. The minimum atomic E-state index is 0. The summed E-state index contributed by atoms with van der Waals surface area (Å²) in [5.41, 5.74) is 4.28. The summed E-state index contributed by atoms with van der Waals surface area (Å²) >= 11 is 0. The number of aryl methyl sites for hydroxylation is 2. The molecule has 2 aliphatic rings. The smallest absolute Gasteiger partial charge is 0.166 e. The highest BCUT2D eigenvalue weighted by Crippen LogP contribution is 2.36. The maximum atomic E-state index is 5.65. The van der Waals surface area contributed by atoms with Gasteiger partial charge in [0.25, 0.3) is 0 Å². The minimum absolute atomic E-state index is 0. The number of aromatic nitrogens is 4. The van der Waals surface area contributed by atoms with Crippen molar-refractivity contribution in [1.82, 2.24) is 24.4 Å². The first-order valence-electron chi connectivity index (χ1n) is 11.0. The first kappa shape index (κ1) is 22.0. The van der Waals surface area contributed by atoms with Crippen LogP contribution in [-0.4, -0.2) is 70.9 Å². The Balaban J connectivity index is 0.00000231. The van der Waals surface area contributed by atoms with Gasteiger partial charge in [-0.15, -0.1) is 12.4 Å². The van der Waals surface area contributed by atoms with Gasteiger partial charge in [0.05, 0.1) is 0 Å². The molecule has 2 fully saturated rings. The van der Waals surface area contributed by atoms with Crippen LogP contribution < -0.4 is 4.90 Å². The van der Waals surface area contributed by atoms with Crippen LogP contribution in [0.25, 0.3) is 22.6 Å². The topological polar surface area (TPSA) is 59.3 Å². The Bertz CT molecular complexity index is 1050. The Hall–Kier alpha value is -2.22. The lowest BCUT2D eigenvalue weighted by Gasteiger charge is -2.33. The maximum Gasteiger partial charge on any atom is 0.166 e. The highest BCUT2D eigenvalue weighted by atomic mass is 35.5. The minimum Gasteiger partial charge on any atom is -0.381 e. The van der Waals surface area contributed by atoms with Crippen molar-refractivity contribution < 1.29 is 4.74 Å². The molecule has 8 heteroatoms. The van der Waals surface area contributed by atoms with Gasteiger partial charge in [-0.1, -0.05) is 24.3 Å². The Morgan fingerprint density at radius 1 is 0.935 bits per heavy atom. The van der Waals surface area contributed by atoms with Crippen molar-refractivity contribution in [2.45, 2.75) is 32.7 Å². The third-order valence-corrected chi connectivity index (χ3v) is 6.38. The molecule has 0 unspecified atom stereocenters. The molecule has 0 amide bonds. The average Bonchev–Trinajstić information content (AvgIpc) is 3.13. The number of piperazine rings is 1. The van der Waals surface area contributed by atoms with E-state index in [4.69, 9.17) is 19.7 Å². The Morgan fingerprint density at radius 3 is 2.35 bits per heavy atom. The van der Waals surface area contributed by atoms with E-state index >= 15 is 0 Å². The predicted molar refractivity (Wildman–Crippen MR) is 126 cm³/mol. The van der Waals surface area contributed by atoms with Crippen LogP contribution in [0.1, 0.15) is 30.3 Å². The molecule has 0 radical (unpaired) electrons. The van der Waals surface area contributed by atoms with Crippen molar-refractivity contribution in [3.8, 4) is 11.4 Å². The summed E-state index contributed by atoms with van der Waals surface area (Å²) < 4.78 is 8.02. The number of imidazole rings is 1. The molecule has 4 heterocycles. The molecule has 0 bridgehead atoms. The number of hydrogen-bond acceptors (Lipinski definition) is 6. The van der Waals surface area contributed by atoms with E-state index in [1.54, 1.807) is 0 Å². The second-order valence-electron chi connectivity index (χ2n) is 8.52. The number of fused-ring (bicyclic) bond motifs is 1. The number of rotatable bonds is 3. The molecule has 2 aliphatic heterocycles. The van der Waals surface area contributed by atoms with Crippen LogP contribution in [0.2, 0.25) is 0 Å². The molecular formula is C23H31ClN6O. The van der Waals surface area contributed by atoms with Gasteiger partial charge in [-0.25, -0.2) is 15.0 Å². The SMILES string of the molecule is Cc1nc(N2CCN(C)CC2)c2nc(-c3ccccc3C)n(C3CCOCC3)c2n1.Cl. The molecule has 0 aliphatic carbocycles. The summed E-state index contributed by atoms with van der Waals surface area (Å²) in [7, 11) is 2.17. The third-order valence-electron chi connectivity index (χ3n) is 6.38. The molecule has 2 aromatic heterocycles. The van der Waals surface area contributed by atoms with Crippen LogP contribution in [0.4, 0.5) is 5.82 Å². The largest absolute Gasteiger partial charge is 0.381 e. The van der Waals surface area contributed by atoms with Crippen molar-refractivity contribution in [3.05, 3.63) is 35.7 Å². The van der Waals surface area contributed by atoms with E-state index in [9.17, 15) is 0 Å². The highest BCUT2D eigenvalue weighted by molar-refractivity contribution is 5.88. The van der Waals surface area contributed by atoms with Gasteiger partial charge in [0.1, 0.15) is 11.6 Å². The fourth-order valence-corrected chi connectivity index (χ4v) is 4.61. The quantitative estimate of drug-likeness (QED) is 0.617. The number of likely N-dealkylation sites (N-methyl/N-ethyl adjacent to an activating group) is 1. The predicted octanol–water partition coefficient (Wildman–Crippen LogP) is 3.64. The highest BCUT2D eigenvalue weighted by Gasteiger charge is 2.28. The maximum absolute atomic E-state index is 5.65. The number of benzene rings is 1. The molecule has 1 aromatic carbocycles. The van der Waals surface area contributed by atoms with E-state index in [0.29, 0.717) is 6.04 Å². The summed E-state index contributed by atoms with van der Waals surface area (Å²) in [5.74, 6) is 2.79. The van der Waals surface area contributed by atoms with Crippen molar-refractivity contribution in [3.63, 3.8) is 0 Å². The van der Waals surface area contributed by atoms with Crippen LogP contribution in [0, 0.1) is 13.8 Å². The molecular weight excluding hydrogens is 412 g/mol. The second kappa shape index (κ2) is 9.10. The van der Waals surface area contributed by atoms with Crippen LogP contribution in [-0.2, 0) is 4.74 Å². The fraction of sp³-hybridized carbons (Fsp3) is 0.522. The van der Waals surface area contributed by atoms with E-state index in [0.717, 1.165) is 80.9 Å². The van der Waals surface area contributed by atoms with Gasteiger partial charge < -0.3 is 19.1 Å². The zero-order valence-corrected chi connectivity index (χ0v) is 19.4. The molecule has 0 spiro atoms. The molecule has 0 atom stereocenters. The molecule has 3 aromatic rings. The van der Waals surface area contributed by atoms with Crippen molar-refractivity contribution in [2.75, 3.05) is 51.3 Å². The molecule has 0 N–H and O–H groups in total. The van der Waals surface area contributed by atoms with Crippen LogP contribution in [0.3, 0.4) is 0 Å². The summed E-state index contributed by atoms with van der Waals surface area (Å²) in [5, 5.41) is 0. The van der Waals surface area contributed by atoms with Crippen LogP contribution in [0.5, 0.6) is 0 Å². The number of halogens is 1. The first-order chi connectivity index (χ1) is 14.6. The summed E-state index contributed by atoms with van der Waals surface area (Å²) in [6.07, 6.45) is 1.97. The van der Waals surface area contributed by atoms with Gasteiger partial charge in [0, 0.05) is 51.0 Å². The van der Waals surface area contributed by atoms with E-state index in [-0.39, 0.29) is 12.4 Å². The monoisotopic (exact) mass is 442 g/mol. The number of ether oxygens (including phenoxy) is 1. The third kappa shape index (κ3) is 4.14. The standard InChI is InChI=1S/C23H30N6O.ClH/c1-16-6-4-5-7-19(16)21-26-20-22(28-12-10-27(3)11-13-28)24-17(2)25-23(20)29(21)18-8-14-30-15-9-18;/h4-7,18H,8-15H2,1-3H3;1H. The fourth-order valence-electron chi connectivity index (χ4n) is 4.61. The van der Waals surface area contributed by atoms with E-state index in [1.807, 2.05) is 6.92 Å². The van der Waals surface area contributed by atoms with E-state index in [2.05, 4.69) is 52.6 Å². The van der Waals surface area contributed by atoms with Crippen molar-refractivity contribution in [2.24, 2.45) is 0 Å². The average molecular weight is 443 g/mol. The van der Waals surface area contributed by atoms with Gasteiger partial charge in [-0.3, -0.25) is 0 Å². The molecule has 0 saturated carbocycles. The lowest BCUT2D eigenvalue weighted by Crippen LogP contribution is -2.45.